The molecule has 0 aliphatic carbocycles. The lowest BCUT2D eigenvalue weighted by Gasteiger charge is -2.06. The number of aromatic amines is 1. The van der Waals surface area contributed by atoms with E-state index in [-0.39, 0.29) is 22.2 Å². The lowest BCUT2D eigenvalue weighted by molar-refractivity contribution is -0.121. The van der Waals surface area contributed by atoms with Crippen molar-refractivity contribution in [3.05, 3.63) is 68.1 Å². The summed E-state index contributed by atoms with van der Waals surface area (Å²) in [6.07, 6.45) is 1.90. The zero-order valence-electron chi connectivity index (χ0n) is 14.1. The van der Waals surface area contributed by atoms with E-state index in [1.165, 1.54) is 0 Å². The molecular weight excluding hydrogens is 441 g/mol. The number of hydrogen-bond acceptors (Lipinski definition) is 3. The van der Waals surface area contributed by atoms with Crippen molar-refractivity contribution in [2.75, 3.05) is 0 Å². The summed E-state index contributed by atoms with van der Waals surface area (Å²) in [7, 11) is 0. The quantitative estimate of drug-likeness (QED) is 0.367. The van der Waals surface area contributed by atoms with Gasteiger partial charge in [0.2, 0.25) is 5.91 Å². The molecule has 9 heteroatoms. The second kappa shape index (κ2) is 7.64. The number of para-hydroxylation sites is 1. The number of fused-ring (bicyclic) bond motifs is 2. The van der Waals surface area contributed by atoms with Crippen molar-refractivity contribution in [3.8, 4) is 0 Å². The molecule has 0 fully saturated rings. The molecule has 0 saturated carbocycles. The van der Waals surface area contributed by atoms with E-state index in [0.717, 1.165) is 27.8 Å². The van der Waals surface area contributed by atoms with Gasteiger partial charge in [-0.1, -0.05) is 53.0 Å². The highest BCUT2D eigenvalue weighted by Crippen LogP contribution is 2.41. The van der Waals surface area contributed by atoms with Crippen molar-refractivity contribution in [2.24, 2.45) is 0 Å². The third-order valence-electron chi connectivity index (χ3n) is 4.20. The molecule has 0 bridgehead atoms. The summed E-state index contributed by atoms with van der Waals surface area (Å²) >= 11 is 19.6. The van der Waals surface area contributed by atoms with Gasteiger partial charge < -0.3 is 4.98 Å². The van der Waals surface area contributed by atoms with Gasteiger partial charge in [0.05, 0.1) is 16.5 Å². The Morgan fingerprint density at radius 1 is 1.07 bits per heavy atom. The second-order valence-electron chi connectivity index (χ2n) is 6.04. The van der Waals surface area contributed by atoms with E-state index in [4.69, 9.17) is 34.8 Å². The molecule has 0 spiro atoms. The maximum atomic E-state index is 12.5. The average Bonchev–Trinajstić information content (AvgIpc) is 3.21. The average molecular weight is 453 g/mol. The summed E-state index contributed by atoms with van der Waals surface area (Å²) < 4.78 is 0.692. The van der Waals surface area contributed by atoms with Crippen molar-refractivity contribution in [1.82, 2.24) is 15.8 Å². The van der Waals surface area contributed by atoms with E-state index < -0.39 is 5.91 Å². The molecule has 5 nitrogen and oxygen atoms in total. The maximum Gasteiger partial charge on any atom is 0.281 e. The smallest absolute Gasteiger partial charge is 0.281 e. The summed E-state index contributed by atoms with van der Waals surface area (Å²) in [6.45, 7) is 0. The third kappa shape index (κ3) is 3.56. The Balaban J connectivity index is 1.47. The fourth-order valence-corrected chi connectivity index (χ4v) is 5.21. The minimum absolute atomic E-state index is 0.117. The van der Waals surface area contributed by atoms with Gasteiger partial charge in [-0.2, -0.15) is 0 Å². The molecule has 3 N–H and O–H groups in total. The molecule has 0 unspecified atom stereocenters. The first-order valence-corrected chi connectivity index (χ1v) is 10.1. The van der Waals surface area contributed by atoms with Crippen molar-refractivity contribution in [1.29, 1.82) is 0 Å². The number of hydrogen-bond donors (Lipinski definition) is 3. The lowest BCUT2D eigenvalue weighted by Crippen LogP contribution is -2.42. The Kier molecular flexibility index (Phi) is 5.21. The molecule has 142 valence electrons. The number of nitrogens with one attached hydrogen (secondary N) is 3. The van der Waals surface area contributed by atoms with Crippen molar-refractivity contribution in [3.63, 3.8) is 0 Å². The molecule has 2 amide bonds. The Bertz CT molecular complexity index is 1230. The van der Waals surface area contributed by atoms with Gasteiger partial charge in [0.25, 0.3) is 5.91 Å². The van der Waals surface area contributed by atoms with Crippen LogP contribution in [0.2, 0.25) is 15.1 Å². The van der Waals surface area contributed by atoms with Gasteiger partial charge in [-0.3, -0.25) is 20.4 Å². The maximum absolute atomic E-state index is 12.5. The largest absolute Gasteiger partial charge is 0.361 e. The fourth-order valence-electron chi connectivity index (χ4n) is 2.94. The van der Waals surface area contributed by atoms with Crippen LogP contribution in [0, 0.1) is 0 Å². The molecule has 0 radical (unpaired) electrons. The Hall–Kier alpha value is -2.25. The van der Waals surface area contributed by atoms with Crippen LogP contribution in [0.15, 0.2) is 42.6 Å². The number of carbonyl (C=O) groups excluding carboxylic acids is 2. The summed E-state index contributed by atoms with van der Waals surface area (Å²) in [5.74, 6) is -0.873. The lowest BCUT2D eigenvalue weighted by atomic mass is 10.1. The van der Waals surface area contributed by atoms with Gasteiger partial charge in [-0.05, 0) is 23.8 Å². The summed E-state index contributed by atoms with van der Waals surface area (Å²) in [4.78, 5) is 28.1. The first-order valence-electron chi connectivity index (χ1n) is 8.15. The number of halogens is 3. The van der Waals surface area contributed by atoms with Gasteiger partial charge in [-0.25, -0.2) is 0 Å². The highest BCUT2D eigenvalue weighted by molar-refractivity contribution is 7.21. The van der Waals surface area contributed by atoms with E-state index in [2.05, 4.69) is 15.8 Å². The molecule has 0 aliphatic heterocycles. The zero-order chi connectivity index (χ0) is 19.8. The van der Waals surface area contributed by atoms with Crippen molar-refractivity contribution in [2.45, 2.75) is 6.42 Å². The van der Waals surface area contributed by atoms with Crippen LogP contribution in [-0.4, -0.2) is 16.8 Å². The predicted molar refractivity (Wildman–Crippen MR) is 114 cm³/mol. The van der Waals surface area contributed by atoms with Crippen LogP contribution in [0.3, 0.4) is 0 Å². The summed E-state index contributed by atoms with van der Waals surface area (Å²) in [5, 5.41) is 2.57. The molecule has 2 aromatic heterocycles. The highest BCUT2D eigenvalue weighted by atomic mass is 35.5. The van der Waals surface area contributed by atoms with E-state index in [1.807, 2.05) is 24.3 Å². The number of H-pyrrole nitrogens is 1. The van der Waals surface area contributed by atoms with Crippen LogP contribution in [0.5, 0.6) is 0 Å². The molecule has 0 atom stereocenters. The third-order valence-corrected chi connectivity index (χ3v) is 6.34. The number of rotatable bonds is 3. The highest BCUT2D eigenvalue weighted by Gasteiger charge is 2.20. The second-order valence-corrected chi connectivity index (χ2v) is 8.32. The summed E-state index contributed by atoms with van der Waals surface area (Å²) in [6, 6.07) is 10.9. The van der Waals surface area contributed by atoms with Gasteiger partial charge >= 0.3 is 0 Å². The van der Waals surface area contributed by atoms with Crippen LogP contribution in [-0.2, 0) is 11.2 Å². The van der Waals surface area contributed by atoms with E-state index in [9.17, 15) is 9.59 Å². The first-order chi connectivity index (χ1) is 13.4. The van der Waals surface area contributed by atoms with Crippen LogP contribution in [0.4, 0.5) is 0 Å². The Morgan fingerprint density at radius 2 is 1.86 bits per heavy atom. The first kappa shape index (κ1) is 19.1. The molecule has 4 aromatic rings. The minimum Gasteiger partial charge on any atom is -0.361 e. The molecule has 0 aliphatic rings. The number of carbonyl (C=O) groups is 2. The molecular formula is C19H12Cl3N3O2S. The molecule has 4 rings (SSSR count). The van der Waals surface area contributed by atoms with Gasteiger partial charge in [0, 0.05) is 32.2 Å². The molecule has 2 heterocycles. The van der Waals surface area contributed by atoms with Gasteiger partial charge in [0.1, 0.15) is 4.88 Å². The van der Waals surface area contributed by atoms with Crippen LogP contribution >= 0.6 is 46.1 Å². The number of benzene rings is 2. The van der Waals surface area contributed by atoms with Crippen LogP contribution in [0.1, 0.15) is 15.2 Å². The standard InChI is InChI=1S/C19H12Cl3N3O2S/c20-10-6-12(21)16-14(7-10)28-18(17(16)22)19(27)25-24-15(26)5-9-8-23-13-4-2-1-3-11(9)13/h1-4,6-8,23H,5H2,(H,24,26)(H,25,27). The van der Waals surface area contributed by atoms with Gasteiger partial charge in [-0.15, -0.1) is 11.3 Å². The number of hydrazine groups is 1. The molecule has 28 heavy (non-hydrogen) atoms. The SMILES string of the molecule is O=C(Cc1c[nH]c2ccccc12)NNC(=O)c1sc2cc(Cl)cc(Cl)c2c1Cl. The number of aromatic nitrogens is 1. The number of thiophene rings is 1. The fraction of sp³-hybridized carbons (Fsp3) is 0.0526. The van der Waals surface area contributed by atoms with E-state index in [0.29, 0.717) is 20.1 Å². The van der Waals surface area contributed by atoms with Crippen LogP contribution in [0.25, 0.3) is 21.0 Å². The molecule has 2 aromatic carbocycles. The summed E-state index contributed by atoms with van der Waals surface area (Å²) in [5.41, 5.74) is 6.60. The van der Waals surface area contributed by atoms with Crippen LogP contribution < -0.4 is 10.9 Å². The van der Waals surface area contributed by atoms with Gasteiger partial charge in [0.15, 0.2) is 0 Å². The normalized spacial score (nSPS) is 11.1. The Labute approximate surface area is 178 Å². The van der Waals surface area contributed by atoms with Crippen molar-refractivity contribution < 1.29 is 9.59 Å². The minimum atomic E-state index is -0.523. The monoisotopic (exact) mass is 451 g/mol. The van der Waals surface area contributed by atoms with E-state index >= 15 is 0 Å². The number of amides is 2. The zero-order valence-corrected chi connectivity index (χ0v) is 17.2. The topological polar surface area (TPSA) is 74.0 Å². The Morgan fingerprint density at radius 3 is 2.68 bits per heavy atom. The van der Waals surface area contributed by atoms with E-state index in [1.54, 1.807) is 18.3 Å². The predicted octanol–water partition coefficient (Wildman–Crippen LogP) is 5.35. The molecule has 0 saturated heterocycles. The van der Waals surface area contributed by atoms with Crippen molar-refractivity contribution >= 4 is 78.9 Å².